The second-order valence-corrected chi connectivity index (χ2v) is 8.17. The average Bonchev–Trinajstić information content (AvgIpc) is 3.02. The van der Waals surface area contributed by atoms with Gasteiger partial charge in [-0.05, 0) is 76.1 Å². The van der Waals surface area contributed by atoms with Crippen molar-refractivity contribution < 1.29 is 9.59 Å². The van der Waals surface area contributed by atoms with E-state index in [0.717, 1.165) is 67.2 Å². The molecule has 0 amide bonds. The van der Waals surface area contributed by atoms with Crippen LogP contribution in [0.25, 0.3) is 21.8 Å². The molecule has 1 aromatic heterocycles. The molecular formula is C25H28N2O2. The van der Waals surface area contributed by atoms with E-state index in [1.54, 1.807) is 13.8 Å². The van der Waals surface area contributed by atoms with Gasteiger partial charge in [0.25, 0.3) is 0 Å². The number of fused-ring (bicyclic) bond motifs is 3. The summed E-state index contributed by atoms with van der Waals surface area (Å²) in [5.74, 6) is 0.115. The minimum absolute atomic E-state index is 0.0576. The van der Waals surface area contributed by atoms with E-state index in [2.05, 4.69) is 16.0 Å². The Kier molecular flexibility index (Phi) is 5.37. The van der Waals surface area contributed by atoms with Crippen LogP contribution in [0.2, 0.25) is 0 Å². The van der Waals surface area contributed by atoms with Gasteiger partial charge in [0, 0.05) is 52.6 Å². The highest BCUT2D eigenvalue weighted by Gasteiger charge is 2.15. The summed E-state index contributed by atoms with van der Waals surface area (Å²) < 4.78 is 2.33. The molecule has 4 rings (SSSR count). The van der Waals surface area contributed by atoms with Gasteiger partial charge in [0.05, 0.1) is 0 Å². The van der Waals surface area contributed by atoms with Gasteiger partial charge in [0.15, 0.2) is 11.6 Å². The van der Waals surface area contributed by atoms with Gasteiger partial charge in [0.2, 0.25) is 0 Å². The molecule has 0 aliphatic carbocycles. The molecule has 0 atom stereocenters. The first-order valence-electron chi connectivity index (χ1n) is 10.4. The zero-order valence-electron chi connectivity index (χ0n) is 17.3. The third kappa shape index (κ3) is 3.90. The van der Waals surface area contributed by atoms with Crippen molar-refractivity contribution in [3.63, 3.8) is 0 Å². The summed E-state index contributed by atoms with van der Waals surface area (Å²) in [6.07, 6.45) is 3.28. The lowest BCUT2D eigenvalue weighted by Gasteiger charge is -2.27. The number of aryl methyl sites for hydroxylation is 1. The van der Waals surface area contributed by atoms with Crippen molar-refractivity contribution in [2.75, 3.05) is 19.6 Å². The molecule has 0 unspecified atom stereocenters. The van der Waals surface area contributed by atoms with Crippen LogP contribution >= 0.6 is 0 Å². The third-order valence-electron chi connectivity index (χ3n) is 6.10. The van der Waals surface area contributed by atoms with Gasteiger partial charge >= 0.3 is 0 Å². The Morgan fingerprint density at radius 1 is 0.862 bits per heavy atom. The van der Waals surface area contributed by atoms with E-state index in [1.165, 1.54) is 5.57 Å². The van der Waals surface area contributed by atoms with Crippen molar-refractivity contribution in [2.24, 2.45) is 0 Å². The maximum absolute atomic E-state index is 11.9. The van der Waals surface area contributed by atoms with Crippen LogP contribution in [0.15, 0.2) is 48.6 Å². The van der Waals surface area contributed by atoms with Crippen molar-refractivity contribution in [1.82, 2.24) is 9.47 Å². The number of nitrogens with zero attached hydrogens (tertiary/aromatic N) is 2. The molecular weight excluding hydrogens is 360 g/mol. The Hall–Kier alpha value is -2.72. The number of aromatic nitrogens is 1. The molecule has 1 fully saturated rings. The molecule has 0 saturated carbocycles. The topological polar surface area (TPSA) is 42.3 Å². The Bertz CT molecular complexity index is 1040. The summed E-state index contributed by atoms with van der Waals surface area (Å²) in [7, 11) is 0. The number of benzene rings is 2. The molecule has 0 spiro atoms. The number of carbonyl (C=O) groups excluding carboxylic acids is 2. The van der Waals surface area contributed by atoms with Crippen LogP contribution in [0.1, 0.15) is 53.8 Å². The van der Waals surface area contributed by atoms with E-state index in [9.17, 15) is 9.59 Å². The molecule has 0 N–H and O–H groups in total. The summed E-state index contributed by atoms with van der Waals surface area (Å²) in [4.78, 5) is 26.3. The van der Waals surface area contributed by atoms with Crippen molar-refractivity contribution in [3.8, 4) is 0 Å². The Balaban J connectivity index is 1.68. The molecule has 1 aliphatic heterocycles. The molecule has 4 heteroatoms. The second-order valence-electron chi connectivity index (χ2n) is 8.17. The van der Waals surface area contributed by atoms with Gasteiger partial charge in [-0.1, -0.05) is 12.2 Å². The Morgan fingerprint density at radius 2 is 1.38 bits per heavy atom. The predicted octanol–water partition coefficient (Wildman–Crippen LogP) is 5.24. The summed E-state index contributed by atoms with van der Waals surface area (Å²) in [6, 6.07) is 11.8. The normalized spacial score (nSPS) is 15.3. The van der Waals surface area contributed by atoms with Gasteiger partial charge in [0.1, 0.15) is 0 Å². The van der Waals surface area contributed by atoms with Crippen molar-refractivity contribution in [3.05, 3.63) is 59.7 Å². The predicted molar refractivity (Wildman–Crippen MR) is 119 cm³/mol. The highest BCUT2D eigenvalue weighted by Crippen LogP contribution is 2.31. The van der Waals surface area contributed by atoms with E-state index in [1.807, 2.05) is 36.4 Å². The molecule has 2 aromatic carbocycles. The smallest absolute Gasteiger partial charge is 0.159 e. The summed E-state index contributed by atoms with van der Waals surface area (Å²) >= 11 is 0. The molecule has 3 aromatic rings. The summed E-state index contributed by atoms with van der Waals surface area (Å²) in [5, 5.41) is 2.09. The highest BCUT2D eigenvalue weighted by atomic mass is 16.1. The van der Waals surface area contributed by atoms with E-state index >= 15 is 0 Å². The second kappa shape index (κ2) is 7.96. The van der Waals surface area contributed by atoms with Gasteiger partial charge in [-0.15, -0.1) is 0 Å². The number of Topliss-reactive ketones (excluding diaryl/α,β-unsaturated/α-hetero) is 2. The SMILES string of the molecule is C=C1CCN(CCCn2c3ccc(C(C)=O)cc3c3cc(C(C)=O)ccc32)CC1. The van der Waals surface area contributed by atoms with E-state index in [4.69, 9.17) is 0 Å². The number of carbonyl (C=O) groups is 2. The minimum atomic E-state index is 0.0576. The van der Waals surface area contributed by atoms with Gasteiger partial charge in [-0.25, -0.2) is 0 Å². The maximum atomic E-state index is 11.9. The average molecular weight is 389 g/mol. The van der Waals surface area contributed by atoms with Crippen LogP contribution < -0.4 is 0 Å². The number of piperidine rings is 1. The number of hydrogen-bond acceptors (Lipinski definition) is 3. The first kappa shape index (κ1) is 19.6. The zero-order chi connectivity index (χ0) is 20.5. The van der Waals surface area contributed by atoms with Crippen molar-refractivity contribution in [2.45, 2.75) is 39.7 Å². The fourth-order valence-electron chi connectivity index (χ4n) is 4.33. The first-order valence-corrected chi connectivity index (χ1v) is 10.4. The summed E-state index contributed by atoms with van der Waals surface area (Å²) in [6.45, 7) is 11.5. The monoisotopic (exact) mass is 388 g/mol. The quantitative estimate of drug-likeness (QED) is 0.428. The molecule has 0 radical (unpaired) electrons. The zero-order valence-corrected chi connectivity index (χ0v) is 17.3. The van der Waals surface area contributed by atoms with E-state index < -0.39 is 0 Å². The Labute approximate surface area is 171 Å². The molecule has 1 aliphatic rings. The largest absolute Gasteiger partial charge is 0.340 e. The molecule has 150 valence electrons. The third-order valence-corrected chi connectivity index (χ3v) is 6.10. The number of likely N-dealkylation sites (tertiary alicyclic amines) is 1. The van der Waals surface area contributed by atoms with Crippen LogP contribution in [-0.2, 0) is 6.54 Å². The lowest BCUT2D eigenvalue weighted by molar-refractivity contribution is 0.100. The standard InChI is InChI=1S/C25H28N2O2/c1-17-9-13-26(14-10-17)11-4-12-27-24-7-5-20(18(2)28)15-22(24)23-16-21(19(3)29)6-8-25(23)27/h5-8,15-16H,1,4,9-14H2,2-3H3. The van der Waals surface area contributed by atoms with Crippen LogP contribution in [0, 0.1) is 0 Å². The Morgan fingerprint density at radius 3 is 1.86 bits per heavy atom. The lowest BCUT2D eigenvalue weighted by atomic mass is 10.0. The van der Waals surface area contributed by atoms with Crippen molar-refractivity contribution in [1.29, 1.82) is 0 Å². The van der Waals surface area contributed by atoms with E-state index in [-0.39, 0.29) is 11.6 Å². The molecule has 4 nitrogen and oxygen atoms in total. The van der Waals surface area contributed by atoms with Gasteiger partial charge in [-0.2, -0.15) is 0 Å². The highest BCUT2D eigenvalue weighted by molar-refractivity contribution is 6.12. The molecule has 2 heterocycles. The molecule has 29 heavy (non-hydrogen) atoms. The number of rotatable bonds is 6. The van der Waals surface area contributed by atoms with Crippen LogP contribution in [0.4, 0.5) is 0 Å². The summed E-state index contributed by atoms with van der Waals surface area (Å²) in [5.41, 5.74) is 5.03. The van der Waals surface area contributed by atoms with Gasteiger partial charge in [-0.3, -0.25) is 9.59 Å². The van der Waals surface area contributed by atoms with Crippen LogP contribution in [0.5, 0.6) is 0 Å². The fourth-order valence-corrected chi connectivity index (χ4v) is 4.33. The number of ketones is 2. The minimum Gasteiger partial charge on any atom is -0.340 e. The molecule has 1 saturated heterocycles. The maximum Gasteiger partial charge on any atom is 0.159 e. The van der Waals surface area contributed by atoms with Crippen LogP contribution in [-0.4, -0.2) is 40.7 Å². The van der Waals surface area contributed by atoms with E-state index in [0.29, 0.717) is 11.1 Å². The van der Waals surface area contributed by atoms with Crippen LogP contribution in [0.3, 0.4) is 0 Å². The first-order chi connectivity index (χ1) is 13.9. The van der Waals surface area contributed by atoms with Gasteiger partial charge < -0.3 is 9.47 Å². The fraction of sp³-hybridized carbons (Fsp3) is 0.360. The number of hydrogen-bond donors (Lipinski definition) is 0. The molecule has 0 bridgehead atoms. The van der Waals surface area contributed by atoms with Crippen molar-refractivity contribution >= 4 is 33.4 Å². The lowest BCUT2D eigenvalue weighted by Crippen LogP contribution is -2.31.